The SMILES string of the molecule is CCOC1(OCC)C2c3c(F)cc(F)cc3C([n+]3ccccc32)C1(C)C.[Cl-]. The number of hydrogen-bond acceptors (Lipinski definition) is 2. The van der Waals surface area contributed by atoms with Gasteiger partial charge in [-0.2, -0.15) is 4.57 Å². The van der Waals surface area contributed by atoms with Crippen LogP contribution in [0.3, 0.4) is 0 Å². The zero-order valence-corrected chi connectivity index (χ0v) is 16.7. The van der Waals surface area contributed by atoms with Crippen LogP contribution in [-0.4, -0.2) is 19.0 Å². The van der Waals surface area contributed by atoms with Crippen molar-refractivity contribution in [1.82, 2.24) is 0 Å². The first-order chi connectivity index (χ1) is 12.4. The summed E-state index contributed by atoms with van der Waals surface area (Å²) in [5.41, 5.74) is 1.56. The molecule has 27 heavy (non-hydrogen) atoms. The Morgan fingerprint density at radius 3 is 2.37 bits per heavy atom. The Morgan fingerprint density at radius 2 is 1.74 bits per heavy atom. The van der Waals surface area contributed by atoms with E-state index in [0.29, 0.717) is 24.3 Å². The van der Waals surface area contributed by atoms with Crippen LogP contribution in [0.15, 0.2) is 36.5 Å². The van der Waals surface area contributed by atoms with Gasteiger partial charge in [0, 0.05) is 42.5 Å². The number of aromatic nitrogens is 1. The van der Waals surface area contributed by atoms with Crippen molar-refractivity contribution >= 4 is 0 Å². The van der Waals surface area contributed by atoms with E-state index in [1.165, 1.54) is 6.07 Å². The normalized spacial score (nSPS) is 23.3. The second kappa shape index (κ2) is 6.80. The Bertz CT molecular complexity index is 865. The molecule has 0 fully saturated rings. The van der Waals surface area contributed by atoms with Gasteiger partial charge in [-0.15, -0.1) is 0 Å². The zero-order chi connectivity index (χ0) is 18.7. The van der Waals surface area contributed by atoms with E-state index < -0.39 is 28.8 Å². The van der Waals surface area contributed by atoms with Crippen molar-refractivity contribution in [2.45, 2.75) is 45.4 Å². The Labute approximate surface area is 164 Å². The molecule has 6 heteroatoms. The third-order valence-corrected chi connectivity index (χ3v) is 5.89. The molecule has 2 atom stereocenters. The van der Waals surface area contributed by atoms with Crippen LogP contribution >= 0.6 is 0 Å². The number of fused-ring (bicyclic) bond motifs is 1. The molecular formula is C21H24ClF2NO2. The third-order valence-electron chi connectivity index (χ3n) is 5.89. The maximum absolute atomic E-state index is 15.0. The molecule has 2 aliphatic heterocycles. The number of nitrogens with zero attached hydrogens (tertiary/aromatic N) is 1. The number of hydrogen-bond donors (Lipinski definition) is 0. The summed E-state index contributed by atoms with van der Waals surface area (Å²) in [6, 6.07) is 7.99. The van der Waals surface area contributed by atoms with Crippen molar-refractivity contribution in [3.8, 4) is 0 Å². The second-order valence-corrected chi connectivity index (χ2v) is 7.51. The van der Waals surface area contributed by atoms with E-state index >= 15 is 0 Å². The molecule has 2 aromatic rings. The summed E-state index contributed by atoms with van der Waals surface area (Å²) in [5, 5.41) is 0. The quantitative estimate of drug-likeness (QED) is 0.571. The van der Waals surface area contributed by atoms with Crippen molar-refractivity contribution in [2.75, 3.05) is 13.2 Å². The molecule has 3 nitrogen and oxygen atoms in total. The second-order valence-electron chi connectivity index (χ2n) is 7.51. The molecule has 0 radical (unpaired) electrons. The van der Waals surface area contributed by atoms with Crippen LogP contribution in [0.1, 0.15) is 56.5 Å². The van der Waals surface area contributed by atoms with Gasteiger partial charge in [0.25, 0.3) is 0 Å². The lowest BCUT2D eigenvalue weighted by Gasteiger charge is -2.57. The molecule has 3 heterocycles. The molecule has 0 saturated carbocycles. The van der Waals surface area contributed by atoms with Gasteiger partial charge in [0.2, 0.25) is 0 Å². The third kappa shape index (κ3) is 2.48. The van der Waals surface area contributed by atoms with Crippen LogP contribution in [-0.2, 0) is 9.47 Å². The summed E-state index contributed by atoms with van der Waals surface area (Å²) in [4.78, 5) is 0. The van der Waals surface area contributed by atoms with Crippen molar-refractivity contribution < 1.29 is 35.2 Å². The van der Waals surface area contributed by atoms with Gasteiger partial charge in [-0.1, -0.05) is 6.07 Å². The molecule has 3 aliphatic rings. The van der Waals surface area contributed by atoms with Crippen molar-refractivity contribution in [3.63, 3.8) is 0 Å². The van der Waals surface area contributed by atoms with E-state index in [2.05, 4.69) is 18.4 Å². The van der Waals surface area contributed by atoms with Crippen LogP contribution in [0.2, 0.25) is 0 Å². The molecule has 2 bridgehead atoms. The zero-order valence-electron chi connectivity index (χ0n) is 15.9. The molecule has 146 valence electrons. The summed E-state index contributed by atoms with van der Waals surface area (Å²) in [5.74, 6) is -2.58. The highest BCUT2D eigenvalue weighted by atomic mass is 35.5. The highest BCUT2D eigenvalue weighted by molar-refractivity contribution is 5.47. The number of ether oxygens (including phenoxy) is 2. The van der Waals surface area contributed by atoms with E-state index in [9.17, 15) is 8.78 Å². The maximum atomic E-state index is 15.0. The average molecular weight is 396 g/mol. The first kappa shape index (κ1) is 20.2. The number of benzene rings is 1. The first-order valence-corrected chi connectivity index (χ1v) is 9.15. The fourth-order valence-electron chi connectivity index (χ4n) is 5.08. The molecule has 1 aliphatic carbocycles. The number of rotatable bonds is 4. The van der Waals surface area contributed by atoms with Gasteiger partial charge < -0.3 is 21.9 Å². The fraction of sp³-hybridized carbons (Fsp3) is 0.476. The smallest absolute Gasteiger partial charge is 0.197 e. The Hall–Kier alpha value is -1.56. The van der Waals surface area contributed by atoms with Crippen LogP contribution in [0.5, 0.6) is 0 Å². The highest BCUT2D eigenvalue weighted by Crippen LogP contribution is 2.62. The van der Waals surface area contributed by atoms with Gasteiger partial charge in [-0.05, 0) is 33.8 Å². The van der Waals surface area contributed by atoms with Gasteiger partial charge >= 0.3 is 0 Å². The summed E-state index contributed by atoms with van der Waals surface area (Å²) < 4.78 is 43.7. The number of pyridine rings is 1. The van der Waals surface area contributed by atoms with Crippen LogP contribution in [0, 0.1) is 17.0 Å². The van der Waals surface area contributed by atoms with E-state index in [0.717, 1.165) is 11.8 Å². The number of halogens is 3. The first-order valence-electron chi connectivity index (χ1n) is 9.15. The van der Waals surface area contributed by atoms with E-state index in [1.54, 1.807) is 0 Å². The van der Waals surface area contributed by atoms with E-state index in [4.69, 9.17) is 9.47 Å². The molecule has 0 spiro atoms. The monoisotopic (exact) mass is 395 g/mol. The van der Waals surface area contributed by atoms with Gasteiger partial charge in [0.15, 0.2) is 23.7 Å². The molecular weight excluding hydrogens is 372 g/mol. The van der Waals surface area contributed by atoms with Gasteiger partial charge in [-0.25, -0.2) is 8.78 Å². The van der Waals surface area contributed by atoms with Gasteiger partial charge in [-0.3, -0.25) is 0 Å². The maximum Gasteiger partial charge on any atom is 0.197 e. The Balaban J connectivity index is 0.00000210. The van der Waals surface area contributed by atoms with Crippen molar-refractivity contribution in [3.05, 3.63) is 65.0 Å². The predicted octanol–water partition coefficient (Wildman–Crippen LogP) is 1.10. The fourth-order valence-corrected chi connectivity index (χ4v) is 5.08. The molecule has 0 amide bonds. The highest BCUT2D eigenvalue weighted by Gasteiger charge is 2.71. The summed E-state index contributed by atoms with van der Waals surface area (Å²) in [6.45, 7) is 8.84. The topological polar surface area (TPSA) is 22.3 Å². The minimum absolute atomic E-state index is 0. The van der Waals surface area contributed by atoms with Gasteiger partial charge in [0.05, 0.1) is 5.41 Å². The largest absolute Gasteiger partial charge is 1.00 e. The lowest BCUT2D eigenvalue weighted by Crippen LogP contribution is -3.00. The van der Waals surface area contributed by atoms with Crippen molar-refractivity contribution in [2.24, 2.45) is 5.41 Å². The summed E-state index contributed by atoms with van der Waals surface area (Å²) >= 11 is 0. The Kier molecular flexibility index (Phi) is 5.08. The van der Waals surface area contributed by atoms with E-state index in [-0.39, 0.29) is 18.4 Å². The molecule has 1 aromatic heterocycles. The molecule has 0 N–H and O–H groups in total. The summed E-state index contributed by atoms with van der Waals surface area (Å²) in [6.07, 6.45) is 1.97. The molecule has 2 unspecified atom stereocenters. The van der Waals surface area contributed by atoms with Crippen LogP contribution in [0.4, 0.5) is 8.78 Å². The minimum Gasteiger partial charge on any atom is -1.00 e. The Morgan fingerprint density at radius 1 is 1.07 bits per heavy atom. The predicted molar refractivity (Wildman–Crippen MR) is 92.7 cm³/mol. The average Bonchev–Trinajstić information content (AvgIpc) is 2.58. The minimum atomic E-state index is -1.02. The lowest BCUT2D eigenvalue weighted by atomic mass is 9.57. The molecule has 1 aromatic carbocycles. The summed E-state index contributed by atoms with van der Waals surface area (Å²) in [7, 11) is 0. The van der Waals surface area contributed by atoms with Crippen LogP contribution < -0.4 is 17.0 Å². The standard InChI is InChI=1S/C21H24F2NO2.ClH/c1-5-25-21(26-6-2)18-16-9-7-8-10-24(16)19(20(21,3)4)14-11-13(22)12-15(23)17(14)18;/h7-12,18-19H,5-6H2,1-4H3;1H/q+1;/p-1. The molecule has 5 rings (SSSR count). The lowest BCUT2D eigenvalue weighted by molar-refractivity contribution is -0.755. The molecule has 0 saturated heterocycles. The van der Waals surface area contributed by atoms with E-state index in [1.807, 2.05) is 38.2 Å². The van der Waals surface area contributed by atoms with Crippen molar-refractivity contribution in [1.29, 1.82) is 0 Å². The van der Waals surface area contributed by atoms with Gasteiger partial charge in [0.1, 0.15) is 17.6 Å². The van der Waals surface area contributed by atoms with Crippen LogP contribution in [0.25, 0.3) is 0 Å².